The molecule has 3 N–H and O–H groups in total. The predicted molar refractivity (Wildman–Crippen MR) is 90.8 cm³/mol. The number of rotatable bonds is 4. The first-order valence-corrected chi connectivity index (χ1v) is 9.91. The maximum Gasteiger partial charge on any atom is 0.327 e. The number of sulfonamides is 1. The van der Waals surface area contributed by atoms with E-state index in [1.165, 1.54) is 0 Å². The smallest absolute Gasteiger partial charge is 0.327 e. The Hall–Kier alpha value is -2.53. The van der Waals surface area contributed by atoms with Gasteiger partial charge in [-0.1, -0.05) is 0 Å². The average Bonchev–Trinajstić information content (AvgIpc) is 3.30. The van der Waals surface area contributed by atoms with E-state index in [2.05, 4.69) is 10.7 Å². The van der Waals surface area contributed by atoms with E-state index < -0.39 is 39.6 Å². The number of nitrogens with one attached hydrogen (secondary N) is 3. The molecular weight excluding hydrogens is 379 g/mol. The predicted octanol–water partition coefficient (Wildman–Crippen LogP) is -0.595. The van der Waals surface area contributed by atoms with Crippen LogP contribution in [0.1, 0.15) is 25.7 Å². The topological polar surface area (TPSA) is 125 Å². The first-order valence-electron chi connectivity index (χ1n) is 8.47. The molecule has 1 atom stereocenters. The summed E-state index contributed by atoms with van der Waals surface area (Å²) in [5.74, 6) is -3.20. The summed E-state index contributed by atoms with van der Waals surface area (Å²) in [5, 5.41) is 2.47. The second-order valence-electron chi connectivity index (χ2n) is 6.42. The van der Waals surface area contributed by atoms with Crippen molar-refractivity contribution in [2.75, 3.05) is 6.54 Å². The number of benzene rings is 1. The minimum Gasteiger partial charge on any atom is -0.345 e. The molecule has 27 heavy (non-hydrogen) atoms. The fourth-order valence-electron chi connectivity index (χ4n) is 2.77. The number of halogens is 1. The van der Waals surface area contributed by atoms with E-state index in [0.717, 1.165) is 41.4 Å². The highest BCUT2D eigenvalue weighted by Gasteiger charge is 2.39. The minimum absolute atomic E-state index is 0.00914. The number of nitrogens with zero attached hydrogens (tertiary/aromatic N) is 1. The van der Waals surface area contributed by atoms with Crippen LogP contribution < -0.4 is 16.2 Å². The third kappa shape index (κ3) is 4.42. The van der Waals surface area contributed by atoms with E-state index in [0.29, 0.717) is 6.42 Å². The summed E-state index contributed by atoms with van der Waals surface area (Å²) in [4.78, 5) is 35.4. The lowest BCUT2D eigenvalue weighted by Crippen LogP contribution is -2.54. The Bertz CT molecular complexity index is 854. The van der Waals surface area contributed by atoms with Gasteiger partial charge in [0.25, 0.3) is 5.91 Å². The van der Waals surface area contributed by atoms with Gasteiger partial charge in [-0.25, -0.2) is 12.8 Å². The van der Waals surface area contributed by atoms with Crippen molar-refractivity contribution < 1.29 is 27.2 Å². The molecular formula is C16H19FN4O5S. The van der Waals surface area contributed by atoms with Crippen LogP contribution >= 0.6 is 0 Å². The zero-order chi connectivity index (χ0) is 19.6. The Morgan fingerprint density at radius 3 is 2.30 bits per heavy atom. The second-order valence-corrected chi connectivity index (χ2v) is 8.31. The standard InChI is InChI=1S/C16H19FN4O5S/c17-10-3-7-12(8-4-10)27(25,26)21-9-1-2-13(21)14(22)19-20-16(24)15(23)18-11-5-6-11/h3-4,7-8,11,13H,1-2,5-6,9H2,(H,18,23)(H,19,22)(H,20,24)/t13-/m1/s1. The van der Waals surface area contributed by atoms with Crippen LogP contribution in [0.15, 0.2) is 29.2 Å². The molecule has 1 heterocycles. The molecule has 146 valence electrons. The van der Waals surface area contributed by atoms with E-state index in [4.69, 9.17) is 0 Å². The van der Waals surface area contributed by atoms with Gasteiger partial charge in [0.05, 0.1) is 4.90 Å². The Balaban J connectivity index is 1.62. The van der Waals surface area contributed by atoms with E-state index in [-0.39, 0.29) is 23.9 Å². The number of carbonyl (C=O) groups is 3. The van der Waals surface area contributed by atoms with Crippen molar-refractivity contribution in [2.45, 2.75) is 42.7 Å². The quantitative estimate of drug-likeness (QED) is 0.462. The zero-order valence-corrected chi connectivity index (χ0v) is 15.1. The molecule has 1 aromatic rings. The van der Waals surface area contributed by atoms with Crippen LogP contribution in [-0.4, -0.2) is 49.1 Å². The van der Waals surface area contributed by atoms with Crippen molar-refractivity contribution in [3.05, 3.63) is 30.1 Å². The summed E-state index contributed by atoms with van der Waals surface area (Å²) in [6.45, 7) is 0.119. The van der Waals surface area contributed by atoms with Crippen LogP contribution in [0.4, 0.5) is 4.39 Å². The largest absolute Gasteiger partial charge is 0.345 e. The molecule has 1 saturated heterocycles. The first kappa shape index (κ1) is 19.2. The number of amides is 3. The van der Waals surface area contributed by atoms with Crippen molar-refractivity contribution in [1.29, 1.82) is 0 Å². The highest BCUT2D eigenvalue weighted by molar-refractivity contribution is 7.89. The molecule has 2 fully saturated rings. The summed E-state index contributed by atoms with van der Waals surface area (Å²) in [5.41, 5.74) is 4.09. The van der Waals surface area contributed by atoms with E-state index in [1.54, 1.807) is 0 Å². The van der Waals surface area contributed by atoms with Crippen molar-refractivity contribution in [3.8, 4) is 0 Å². The van der Waals surface area contributed by atoms with Crippen LogP contribution in [0.3, 0.4) is 0 Å². The Morgan fingerprint density at radius 1 is 1.00 bits per heavy atom. The molecule has 1 aliphatic heterocycles. The zero-order valence-electron chi connectivity index (χ0n) is 14.3. The fraction of sp³-hybridized carbons (Fsp3) is 0.438. The van der Waals surface area contributed by atoms with Gasteiger partial charge >= 0.3 is 11.8 Å². The van der Waals surface area contributed by atoms with Crippen molar-refractivity contribution in [3.63, 3.8) is 0 Å². The molecule has 0 unspecified atom stereocenters. The maximum atomic E-state index is 13.0. The van der Waals surface area contributed by atoms with Gasteiger partial charge in [-0.15, -0.1) is 0 Å². The monoisotopic (exact) mass is 398 g/mol. The molecule has 0 spiro atoms. The Labute approximate surface area is 155 Å². The van der Waals surface area contributed by atoms with E-state index in [9.17, 15) is 27.2 Å². The molecule has 11 heteroatoms. The molecule has 9 nitrogen and oxygen atoms in total. The molecule has 0 aromatic heterocycles. The maximum absolute atomic E-state index is 13.0. The van der Waals surface area contributed by atoms with E-state index >= 15 is 0 Å². The summed E-state index contributed by atoms with van der Waals surface area (Å²) in [7, 11) is -4.00. The molecule has 2 aliphatic rings. The molecule has 0 radical (unpaired) electrons. The lowest BCUT2D eigenvalue weighted by atomic mass is 10.2. The number of hydrazine groups is 1. The van der Waals surface area contributed by atoms with Crippen LogP contribution in [0, 0.1) is 5.82 Å². The number of hydrogen-bond acceptors (Lipinski definition) is 5. The fourth-order valence-corrected chi connectivity index (χ4v) is 4.43. The molecule has 0 bridgehead atoms. The Morgan fingerprint density at radius 2 is 1.67 bits per heavy atom. The van der Waals surface area contributed by atoms with Gasteiger partial charge in [0.2, 0.25) is 10.0 Å². The molecule has 1 aliphatic carbocycles. The van der Waals surface area contributed by atoms with Crippen molar-refractivity contribution in [2.24, 2.45) is 0 Å². The first-order chi connectivity index (χ1) is 12.8. The van der Waals surface area contributed by atoms with Crippen molar-refractivity contribution >= 4 is 27.7 Å². The SMILES string of the molecule is O=C(NNC(=O)[C@H]1CCCN1S(=O)(=O)c1ccc(F)cc1)C(=O)NC1CC1. The lowest BCUT2D eigenvalue weighted by Gasteiger charge is -2.23. The van der Waals surface area contributed by atoms with Gasteiger partial charge in [0, 0.05) is 12.6 Å². The van der Waals surface area contributed by atoms with Gasteiger partial charge in [0.1, 0.15) is 11.9 Å². The Kier molecular flexibility index (Phi) is 5.42. The van der Waals surface area contributed by atoms with Gasteiger partial charge in [0.15, 0.2) is 0 Å². The molecule has 1 aromatic carbocycles. The summed E-state index contributed by atoms with van der Waals surface area (Å²) >= 11 is 0. The molecule has 3 rings (SSSR count). The van der Waals surface area contributed by atoms with Crippen LogP contribution in [0.25, 0.3) is 0 Å². The van der Waals surface area contributed by atoms with Crippen molar-refractivity contribution in [1.82, 2.24) is 20.5 Å². The normalized spacial score (nSPS) is 20.1. The highest BCUT2D eigenvalue weighted by atomic mass is 32.2. The average molecular weight is 398 g/mol. The lowest BCUT2D eigenvalue weighted by molar-refractivity contribution is -0.141. The minimum atomic E-state index is -4.00. The van der Waals surface area contributed by atoms with Gasteiger partial charge in [-0.2, -0.15) is 4.31 Å². The summed E-state index contributed by atoms with van der Waals surface area (Å²) in [6.07, 6.45) is 2.33. The molecule has 1 saturated carbocycles. The summed E-state index contributed by atoms with van der Waals surface area (Å²) in [6, 6.07) is 3.26. The number of hydrogen-bond donors (Lipinski definition) is 3. The van der Waals surface area contributed by atoms with Crippen LogP contribution in [-0.2, 0) is 24.4 Å². The highest BCUT2D eigenvalue weighted by Crippen LogP contribution is 2.26. The third-order valence-electron chi connectivity index (χ3n) is 4.34. The third-order valence-corrected chi connectivity index (χ3v) is 6.27. The van der Waals surface area contributed by atoms with Gasteiger partial charge in [-0.05, 0) is 49.9 Å². The van der Waals surface area contributed by atoms with Crippen LogP contribution in [0.2, 0.25) is 0 Å². The van der Waals surface area contributed by atoms with Gasteiger partial charge in [-0.3, -0.25) is 25.2 Å². The van der Waals surface area contributed by atoms with E-state index in [1.807, 2.05) is 5.43 Å². The van der Waals surface area contributed by atoms with Gasteiger partial charge < -0.3 is 5.32 Å². The second kappa shape index (κ2) is 7.61. The van der Waals surface area contributed by atoms with Crippen LogP contribution in [0.5, 0.6) is 0 Å². The molecule has 3 amide bonds. The number of carbonyl (C=O) groups excluding carboxylic acids is 3. The summed E-state index contributed by atoms with van der Waals surface area (Å²) < 4.78 is 39.5.